The molecule has 4 aliphatic carbocycles. The first-order chi connectivity index (χ1) is 13.7. The molecule has 6 atom stereocenters. The van der Waals surface area contributed by atoms with Crippen molar-refractivity contribution in [3.8, 4) is 0 Å². The molecule has 29 heavy (non-hydrogen) atoms. The van der Waals surface area contributed by atoms with Gasteiger partial charge in [0.2, 0.25) is 0 Å². The molecule has 0 aliphatic heterocycles. The first-order valence-electron chi connectivity index (χ1n) is 11.4. The molecule has 4 rings (SSSR count). The highest BCUT2D eigenvalue weighted by Gasteiger charge is 2.57. The first kappa shape index (κ1) is 20.7. The van der Waals surface area contributed by atoms with Gasteiger partial charge < -0.3 is 9.47 Å². The van der Waals surface area contributed by atoms with Crippen LogP contribution in [-0.4, -0.2) is 24.6 Å². The lowest BCUT2D eigenvalue weighted by atomic mass is 9.48. The summed E-state index contributed by atoms with van der Waals surface area (Å²) >= 11 is 0. The molecule has 4 aliphatic rings. The molecule has 4 heteroatoms. The Balaban J connectivity index is 1.52. The second kappa shape index (κ2) is 7.59. The molecule has 0 unspecified atom stereocenters. The zero-order valence-electron chi connectivity index (χ0n) is 18.5. The average Bonchev–Trinajstić information content (AvgIpc) is 2.98. The SMILES string of the molecule is CC(=O)OC/C=C1/CC[C@@H]2[C@H]3CC=C4C[C@@H](OC(C)=O)CC[C@]4(C)[C@@H]3CC[C@]12C. The Morgan fingerprint density at radius 2 is 1.79 bits per heavy atom. The Labute approximate surface area is 175 Å². The highest BCUT2D eigenvalue weighted by molar-refractivity contribution is 5.66. The summed E-state index contributed by atoms with van der Waals surface area (Å²) in [6, 6.07) is 0. The largest absolute Gasteiger partial charge is 0.462 e. The summed E-state index contributed by atoms with van der Waals surface area (Å²) in [4.78, 5) is 22.5. The number of hydrogen-bond donors (Lipinski definition) is 0. The summed E-state index contributed by atoms with van der Waals surface area (Å²) < 4.78 is 10.8. The third-order valence-corrected chi connectivity index (χ3v) is 8.86. The van der Waals surface area contributed by atoms with Gasteiger partial charge in [0, 0.05) is 20.3 Å². The minimum Gasteiger partial charge on any atom is -0.462 e. The van der Waals surface area contributed by atoms with Crippen molar-refractivity contribution in [2.24, 2.45) is 28.6 Å². The van der Waals surface area contributed by atoms with Gasteiger partial charge in [-0.05, 0) is 79.6 Å². The minimum absolute atomic E-state index is 0.0690. The van der Waals surface area contributed by atoms with Crippen molar-refractivity contribution >= 4 is 11.9 Å². The third kappa shape index (κ3) is 3.57. The van der Waals surface area contributed by atoms with Gasteiger partial charge in [0.25, 0.3) is 0 Å². The average molecular weight is 401 g/mol. The number of hydrogen-bond acceptors (Lipinski definition) is 4. The van der Waals surface area contributed by atoms with Gasteiger partial charge in [-0.2, -0.15) is 0 Å². The van der Waals surface area contributed by atoms with Crippen LogP contribution in [0, 0.1) is 28.6 Å². The van der Waals surface area contributed by atoms with Crippen molar-refractivity contribution in [1.82, 2.24) is 0 Å². The minimum atomic E-state index is -0.201. The van der Waals surface area contributed by atoms with Gasteiger partial charge in [0.1, 0.15) is 12.7 Å². The van der Waals surface area contributed by atoms with Crippen molar-refractivity contribution in [2.75, 3.05) is 6.61 Å². The monoisotopic (exact) mass is 400 g/mol. The Bertz CT molecular complexity index is 750. The smallest absolute Gasteiger partial charge is 0.302 e. The van der Waals surface area contributed by atoms with Crippen LogP contribution in [0.15, 0.2) is 23.3 Å². The van der Waals surface area contributed by atoms with Crippen LogP contribution in [0.1, 0.15) is 79.1 Å². The predicted molar refractivity (Wildman–Crippen MR) is 112 cm³/mol. The van der Waals surface area contributed by atoms with Crippen LogP contribution in [0.5, 0.6) is 0 Å². The first-order valence-corrected chi connectivity index (χ1v) is 11.4. The number of rotatable bonds is 3. The molecule has 3 fully saturated rings. The lowest BCUT2D eigenvalue weighted by Gasteiger charge is -2.57. The van der Waals surface area contributed by atoms with Crippen LogP contribution in [0.25, 0.3) is 0 Å². The molecule has 0 aromatic carbocycles. The predicted octanol–water partition coefficient (Wildman–Crippen LogP) is 5.37. The number of fused-ring (bicyclic) bond motifs is 5. The molecule has 3 saturated carbocycles. The van der Waals surface area contributed by atoms with Crippen LogP contribution >= 0.6 is 0 Å². The number of ether oxygens (including phenoxy) is 2. The highest BCUT2D eigenvalue weighted by Crippen LogP contribution is 2.66. The summed E-state index contributed by atoms with van der Waals surface area (Å²) in [5.74, 6) is 1.86. The molecule has 0 radical (unpaired) electrons. The number of carbonyl (C=O) groups excluding carboxylic acids is 2. The van der Waals surface area contributed by atoms with E-state index in [9.17, 15) is 9.59 Å². The Morgan fingerprint density at radius 3 is 2.52 bits per heavy atom. The van der Waals surface area contributed by atoms with Gasteiger partial charge in [0.05, 0.1) is 0 Å². The fourth-order valence-electron chi connectivity index (χ4n) is 7.41. The van der Waals surface area contributed by atoms with Crippen molar-refractivity contribution in [3.05, 3.63) is 23.3 Å². The van der Waals surface area contributed by atoms with E-state index in [-0.39, 0.29) is 28.9 Å². The molecular formula is C25H36O4. The second-order valence-corrected chi connectivity index (χ2v) is 10.3. The van der Waals surface area contributed by atoms with Crippen molar-refractivity contribution < 1.29 is 19.1 Å². The Hall–Kier alpha value is -1.58. The third-order valence-electron chi connectivity index (χ3n) is 8.86. The lowest BCUT2D eigenvalue weighted by molar-refractivity contribution is -0.148. The van der Waals surface area contributed by atoms with Crippen LogP contribution in [0.2, 0.25) is 0 Å². The van der Waals surface area contributed by atoms with Crippen molar-refractivity contribution in [1.29, 1.82) is 0 Å². The number of carbonyl (C=O) groups is 2. The van der Waals surface area contributed by atoms with Crippen LogP contribution < -0.4 is 0 Å². The van der Waals surface area contributed by atoms with E-state index in [2.05, 4.69) is 26.0 Å². The van der Waals surface area contributed by atoms with Gasteiger partial charge in [-0.3, -0.25) is 9.59 Å². The number of allylic oxidation sites excluding steroid dienone is 2. The normalized spacial score (nSPS) is 42.3. The van der Waals surface area contributed by atoms with Gasteiger partial charge in [-0.25, -0.2) is 0 Å². The molecule has 0 amide bonds. The van der Waals surface area contributed by atoms with Gasteiger partial charge in [-0.1, -0.05) is 31.1 Å². The lowest BCUT2D eigenvalue weighted by Crippen LogP contribution is -2.49. The van der Waals surface area contributed by atoms with E-state index in [0.29, 0.717) is 6.61 Å². The van der Waals surface area contributed by atoms with Crippen LogP contribution in [0.3, 0.4) is 0 Å². The quantitative estimate of drug-likeness (QED) is 0.472. The summed E-state index contributed by atoms with van der Waals surface area (Å²) in [7, 11) is 0. The van der Waals surface area contributed by atoms with E-state index >= 15 is 0 Å². The van der Waals surface area contributed by atoms with E-state index in [1.54, 1.807) is 5.57 Å². The molecule has 0 heterocycles. The van der Waals surface area contributed by atoms with E-state index < -0.39 is 0 Å². The molecule has 160 valence electrons. The molecule has 0 N–H and O–H groups in total. The standard InChI is InChI=1S/C25H36O4/c1-16(26)28-14-11-18-6-8-22-21-7-5-19-15-20(29-17(2)27)9-12-25(19,4)23(21)10-13-24(18,22)3/h5,11,20-23H,6-10,12-15H2,1-4H3/b18-11-/t20-,21+,22+,23+,24+,25-/m0/s1. The molecule has 0 aromatic heterocycles. The van der Waals surface area contributed by atoms with E-state index in [4.69, 9.17) is 9.47 Å². The maximum absolute atomic E-state index is 11.4. The van der Waals surface area contributed by atoms with Crippen LogP contribution in [-0.2, 0) is 19.1 Å². The second-order valence-electron chi connectivity index (χ2n) is 10.3. The van der Waals surface area contributed by atoms with Crippen molar-refractivity contribution in [2.45, 2.75) is 85.2 Å². The molecule has 4 nitrogen and oxygen atoms in total. The topological polar surface area (TPSA) is 52.6 Å². The van der Waals surface area contributed by atoms with Gasteiger partial charge in [0.15, 0.2) is 0 Å². The Morgan fingerprint density at radius 1 is 1.07 bits per heavy atom. The summed E-state index contributed by atoms with van der Waals surface area (Å²) in [6.07, 6.45) is 13.9. The molecular weight excluding hydrogens is 364 g/mol. The molecule has 0 spiro atoms. The molecule has 0 aromatic rings. The summed E-state index contributed by atoms with van der Waals surface area (Å²) in [5, 5.41) is 0. The van der Waals surface area contributed by atoms with E-state index in [1.165, 1.54) is 45.1 Å². The molecule has 0 saturated heterocycles. The molecule has 0 bridgehead atoms. The van der Waals surface area contributed by atoms with E-state index in [0.717, 1.165) is 43.4 Å². The summed E-state index contributed by atoms with van der Waals surface area (Å²) in [6.45, 7) is 8.36. The fourth-order valence-corrected chi connectivity index (χ4v) is 7.41. The fraction of sp³-hybridized carbons (Fsp3) is 0.760. The maximum atomic E-state index is 11.4. The van der Waals surface area contributed by atoms with E-state index in [1.807, 2.05) is 0 Å². The zero-order valence-corrected chi connectivity index (χ0v) is 18.5. The van der Waals surface area contributed by atoms with Gasteiger partial charge >= 0.3 is 11.9 Å². The van der Waals surface area contributed by atoms with Gasteiger partial charge in [-0.15, -0.1) is 0 Å². The Kier molecular flexibility index (Phi) is 5.41. The summed E-state index contributed by atoms with van der Waals surface area (Å²) in [5.41, 5.74) is 3.59. The van der Waals surface area contributed by atoms with Crippen LogP contribution in [0.4, 0.5) is 0 Å². The number of esters is 2. The maximum Gasteiger partial charge on any atom is 0.302 e. The zero-order chi connectivity index (χ0) is 20.8. The van der Waals surface area contributed by atoms with Crippen molar-refractivity contribution in [3.63, 3.8) is 0 Å². The highest BCUT2D eigenvalue weighted by atomic mass is 16.5.